The summed E-state index contributed by atoms with van der Waals surface area (Å²) in [6.45, 7) is 2.19. The first kappa shape index (κ1) is 16.7. The van der Waals surface area contributed by atoms with Crippen molar-refractivity contribution in [1.82, 2.24) is 4.90 Å². The van der Waals surface area contributed by atoms with Gasteiger partial charge in [-0.15, -0.1) is 0 Å². The number of hydrogen-bond acceptors (Lipinski definition) is 3. The van der Waals surface area contributed by atoms with Crippen LogP contribution in [0.1, 0.15) is 64.7 Å². The number of nitrogens with zero attached hydrogens (tertiary/aromatic N) is 1. The van der Waals surface area contributed by atoms with Crippen molar-refractivity contribution in [2.45, 2.75) is 64.7 Å². The van der Waals surface area contributed by atoms with Gasteiger partial charge in [0.15, 0.2) is 0 Å². The Labute approximate surface area is 120 Å². The monoisotopic (exact) mass is 283 g/mol. The number of carbonyl (C=O) groups excluding carboxylic acids is 2. The predicted molar refractivity (Wildman–Crippen MR) is 75.1 cm³/mol. The molecule has 1 rings (SSSR count). The fourth-order valence-corrected chi connectivity index (χ4v) is 2.59. The molecule has 20 heavy (non-hydrogen) atoms. The smallest absolute Gasteiger partial charge is 0.305 e. The van der Waals surface area contributed by atoms with Crippen molar-refractivity contribution in [2.24, 2.45) is 5.92 Å². The van der Waals surface area contributed by atoms with Gasteiger partial charge in [0.1, 0.15) is 0 Å². The number of imide groups is 1. The third-order valence-electron chi connectivity index (χ3n) is 3.79. The van der Waals surface area contributed by atoms with E-state index >= 15 is 0 Å². The van der Waals surface area contributed by atoms with Gasteiger partial charge in [-0.25, -0.2) is 0 Å². The minimum absolute atomic E-state index is 0.0139. The van der Waals surface area contributed by atoms with Crippen LogP contribution in [0.4, 0.5) is 0 Å². The summed E-state index contributed by atoms with van der Waals surface area (Å²) in [5, 5.41) is 8.61. The minimum Gasteiger partial charge on any atom is -0.481 e. The Morgan fingerprint density at radius 1 is 1.20 bits per heavy atom. The number of hydrogen-bond donors (Lipinski definition) is 1. The molecule has 0 aliphatic carbocycles. The number of rotatable bonds is 10. The molecule has 0 saturated carbocycles. The average molecular weight is 283 g/mol. The largest absolute Gasteiger partial charge is 0.481 e. The van der Waals surface area contributed by atoms with Crippen molar-refractivity contribution in [3.63, 3.8) is 0 Å². The molecule has 1 atom stereocenters. The molecular weight excluding hydrogens is 258 g/mol. The van der Waals surface area contributed by atoms with Crippen LogP contribution in [-0.4, -0.2) is 34.3 Å². The van der Waals surface area contributed by atoms with Gasteiger partial charge in [0, 0.05) is 18.9 Å². The van der Waals surface area contributed by atoms with Crippen molar-refractivity contribution in [2.75, 3.05) is 6.54 Å². The summed E-state index contributed by atoms with van der Waals surface area (Å²) in [6, 6.07) is 0. The van der Waals surface area contributed by atoms with Gasteiger partial charge >= 0.3 is 5.97 Å². The van der Waals surface area contributed by atoms with Gasteiger partial charge < -0.3 is 5.11 Å². The molecule has 1 heterocycles. The maximum absolute atomic E-state index is 12.0. The highest BCUT2D eigenvalue weighted by molar-refractivity contribution is 6.03. The third kappa shape index (κ3) is 5.31. The van der Waals surface area contributed by atoms with Crippen LogP contribution in [0.2, 0.25) is 0 Å². The normalized spacial score (nSPS) is 18.9. The lowest BCUT2D eigenvalue weighted by atomic mass is 9.99. The topological polar surface area (TPSA) is 74.7 Å². The summed E-state index contributed by atoms with van der Waals surface area (Å²) in [7, 11) is 0. The lowest BCUT2D eigenvalue weighted by Gasteiger charge is -2.13. The van der Waals surface area contributed by atoms with Gasteiger partial charge in [0.05, 0.1) is 6.42 Å². The van der Waals surface area contributed by atoms with E-state index < -0.39 is 5.97 Å². The lowest BCUT2D eigenvalue weighted by Crippen LogP contribution is -2.32. The number of carboxylic acids is 1. The van der Waals surface area contributed by atoms with Crippen LogP contribution >= 0.6 is 0 Å². The van der Waals surface area contributed by atoms with Crippen LogP contribution < -0.4 is 0 Å². The SMILES string of the molecule is CCCCCCCCC1CC(=O)N(CCC(=O)O)C1=O. The number of unbranched alkanes of at least 4 members (excludes halogenated alkanes) is 5. The third-order valence-corrected chi connectivity index (χ3v) is 3.79. The van der Waals surface area contributed by atoms with E-state index in [0.717, 1.165) is 24.2 Å². The van der Waals surface area contributed by atoms with E-state index in [4.69, 9.17) is 5.11 Å². The fourth-order valence-electron chi connectivity index (χ4n) is 2.59. The van der Waals surface area contributed by atoms with Crippen molar-refractivity contribution >= 4 is 17.8 Å². The van der Waals surface area contributed by atoms with Crippen molar-refractivity contribution in [3.8, 4) is 0 Å². The maximum atomic E-state index is 12.0. The molecular formula is C15H25NO4. The zero-order valence-corrected chi connectivity index (χ0v) is 12.3. The molecule has 1 aliphatic heterocycles. The molecule has 1 N–H and O–H groups in total. The molecule has 0 aromatic carbocycles. The first-order valence-electron chi connectivity index (χ1n) is 7.62. The van der Waals surface area contributed by atoms with E-state index in [0.29, 0.717) is 0 Å². The highest BCUT2D eigenvalue weighted by Crippen LogP contribution is 2.25. The number of likely N-dealkylation sites (tertiary alicyclic amines) is 1. The van der Waals surface area contributed by atoms with Gasteiger partial charge in [0.2, 0.25) is 11.8 Å². The van der Waals surface area contributed by atoms with E-state index in [-0.39, 0.29) is 37.1 Å². The molecule has 0 radical (unpaired) electrons. The van der Waals surface area contributed by atoms with E-state index in [2.05, 4.69) is 6.92 Å². The highest BCUT2D eigenvalue weighted by atomic mass is 16.4. The molecule has 114 valence electrons. The summed E-state index contributed by atoms with van der Waals surface area (Å²) in [5.74, 6) is -1.59. The van der Waals surface area contributed by atoms with E-state index in [1.54, 1.807) is 0 Å². The molecule has 0 spiro atoms. The molecule has 0 aromatic rings. The molecule has 5 nitrogen and oxygen atoms in total. The molecule has 1 fully saturated rings. The predicted octanol–water partition coefficient (Wildman–Crippen LogP) is 2.59. The quantitative estimate of drug-likeness (QED) is 0.494. The Morgan fingerprint density at radius 2 is 1.85 bits per heavy atom. The minimum atomic E-state index is -0.982. The van der Waals surface area contributed by atoms with Gasteiger partial charge in [0.25, 0.3) is 0 Å². The van der Waals surface area contributed by atoms with E-state index in [9.17, 15) is 14.4 Å². The molecule has 1 aliphatic rings. The van der Waals surface area contributed by atoms with Crippen LogP contribution in [0.5, 0.6) is 0 Å². The average Bonchev–Trinajstić information content (AvgIpc) is 2.66. The zero-order valence-electron chi connectivity index (χ0n) is 12.3. The number of aliphatic carboxylic acids is 1. The first-order valence-corrected chi connectivity index (χ1v) is 7.62. The van der Waals surface area contributed by atoms with Crippen LogP contribution in [0.3, 0.4) is 0 Å². The first-order chi connectivity index (χ1) is 9.56. The van der Waals surface area contributed by atoms with Gasteiger partial charge in [-0.05, 0) is 6.42 Å². The summed E-state index contributed by atoms with van der Waals surface area (Å²) in [6.07, 6.45) is 7.81. The van der Waals surface area contributed by atoms with E-state index in [1.165, 1.54) is 25.7 Å². The van der Waals surface area contributed by atoms with Crippen LogP contribution in [-0.2, 0) is 14.4 Å². The lowest BCUT2D eigenvalue weighted by molar-refractivity contribution is -0.141. The Hall–Kier alpha value is -1.39. The molecule has 1 unspecified atom stereocenters. The van der Waals surface area contributed by atoms with Gasteiger partial charge in [-0.2, -0.15) is 0 Å². The highest BCUT2D eigenvalue weighted by Gasteiger charge is 2.37. The number of carbonyl (C=O) groups is 3. The second-order valence-electron chi connectivity index (χ2n) is 5.48. The molecule has 2 amide bonds. The Balaban J connectivity index is 2.25. The van der Waals surface area contributed by atoms with Crippen molar-refractivity contribution in [1.29, 1.82) is 0 Å². The van der Waals surface area contributed by atoms with Gasteiger partial charge in [-0.3, -0.25) is 19.3 Å². The second-order valence-corrected chi connectivity index (χ2v) is 5.48. The summed E-state index contributed by atoms with van der Waals surface area (Å²) >= 11 is 0. The Kier molecular flexibility index (Phi) is 7.26. The molecule has 0 aromatic heterocycles. The maximum Gasteiger partial charge on any atom is 0.305 e. The molecule has 1 saturated heterocycles. The van der Waals surface area contributed by atoms with Crippen molar-refractivity contribution < 1.29 is 19.5 Å². The molecule has 0 bridgehead atoms. The number of carboxylic acid groups (broad SMARTS) is 1. The summed E-state index contributed by atoms with van der Waals surface area (Å²) < 4.78 is 0. The van der Waals surface area contributed by atoms with Crippen LogP contribution in [0, 0.1) is 5.92 Å². The van der Waals surface area contributed by atoms with Crippen LogP contribution in [0.15, 0.2) is 0 Å². The summed E-state index contributed by atoms with van der Waals surface area (Å²) in [4.78, 5) is 35.3. The fraction of sp³-hybridized carbons (Fsp3) is 0.800. The van der Waals surface area contributed by atoms with Crippen molar-refractivity contribution in [3.05, 3.63) is 0 Å². The summed E-state index contributed by atoms with van der Waals surface area (Å²) in [5.41, 5.74) is 0. The standard InChI is InChI=1S/C15H25NO4/c1-2-3-4-5-6-7-8-12-11-13(17)16(15(12)20)10-9-14(18)19/h12H,2-11H2,1H3,(H,18,19). The second kappa shape index (κ2) is 8.72. The Morgan fingerprint density at radius 3 is 2.50 bits per heavy atom. The van der Waals surface area contributed by atoms with Gasteiger partial charge in [-0.1, -0.05) is 45.4 Å². The van der Waals surface area contributed by atoms with Crippen LogP contribution in [0.25, 0.3) is 0 Å². The molecule has 5 heteroatoms. The van der Waals surface area contributed by atoms with E-state index in [1.807, 2.05) is 0 Å². The zero-order chi connectivity index (χ0) is 15.0. The number of amides is 2. The Bertz CT molecular complexity index is 354.